The van der Waals surface area contributed by atoms with E-state index in [0.717, 1.165) is 27.3 Å². The van der Waals surface area contributed by atoms with Gasteiger partial charge in [-0.2, -0.15) is 12.7 Å². The summed E-state index contributed by atoms with van der Waals surface area (Å²) in [6, 6.07) is 3.02. The number of anilines is 1. The standard InChI is InChI=1S/C22H32N6O3S2/c1-13(2)9-19-24-18-11-16(25-33(30,31)26(5)6)10-17(20(18)28(19)8)22(29)27(7)15(4)21-23-14(3)12-32-21/h10-13,15,25H,9H2,1-8H3/t15-/m1/s1. The lowest BCUT2D eigenvalue weighted by Gasteiger charge is -2.24. The van der Waals surface area contributed by atoms with Crippen molar-refractivity contribution in [2.24, 2.45) is 13.0 Å². The van der Waals surface area contributed by atoms with E-state index in [0.29, 0.717) is 28.2 Å². The molecule has 2 heterocycles. The molecule has 0 fully saturated rings. The van der Waals surface area contributed by atoms with Crippen LogP contribution in [0.4, 0.5) is 5.69 Å². The van der Waals surface area contributed by atoms with E-state index in [2.05, 4.69) is 23.6 Å². The molecule has 3 rings (SSSR count). The molecule has 180 valence electrons. The Morgan fingerprint density at radius 3 is 2.39 bits per heavy atom. The van der Waals surface area contributed by atoms with Gasteiger partial charge in [-0.1, -0.05) is 13.8 Å². The number of nitrogens with one attached hydrogen (secondary N) is 1. The first-order valence-electron chi connectivity index (χ1n) is 10.7. The van der Waals surface area contributed by atoms with Crippen LogP contribution >= 0.6 is 11.3 Å². The molecule has 0 radical (unpaired) electrons. The third-order valence-corrected chi connectivity index (χ3v) is 8.09. The van der Waals surface area contributed by atoms with Crippen molar-refractivity contribution < 1.29 is 13.2 Å². The molecule has 0 spiro atoms. The molecule has 11 heteroatoms. The van der Waals surface area contributed by atoms with Crippen molar-refractivity contribution >= 4 is 44.2 Å². The van der Waals surface area contributed by atoms with Crippen molar-refractivity contribution in [2.75, 3.05) is 25.9 Å². The molecule has 33 heavy (non-hydrogen) atoms. The molecule has 0 unspecified atom stereocenters. The fourth-order valence-corrected chi connectivity index (χ4v) is 5.00. The Labute approximate surface area is 199 Å². The summed E-state index contributed by atoms with van der Waals surface area (Å²) >= 11 is 1.51. The molecule has 0 saturated carbocycles. The summed E-state index contributed by atoms with van der Waals surface area (Å²) in [6.07, 6.45) is 0.738. The molecule has 1 amide bonds. The molecule has 1 atom stereocenters. The predicted molar refractivity (Wildman–Crippen MR) is 133 cm³/mol. The van der Waals surface area contributed by atoms with Gasteiger partial charge in [-0.05, 0) is 31.9 Å². The van der Waals surface area contributed by atoms with Crippen LogP contribution in [-0.2, 0) is 23.7 Å². The SMILES string of the molecule is Cc1csc([C@@H](C)N(C)C(=O)c2cc(NS(=O)(=O)N(C)C)cc3nc(CC(C)C)n(C)c23)n1. The monoisotopic (exact) mass is 492 g/mol. The highest BCUT2D eigenvalue weighted by atomic mass is 32.2. The Kier molecular flexibility index (Phi) is 7.15. The van der Waals surface area contributed by atoms with Crippen molar-refractivity contribution in [1.29, 1.82) is 0 Å². The summed E-state index contributed by atoms with van der Waals surface area (Å²) in [4.78, 5) is 24.6. The number of carbonyl (C=O) groups excluding carboxylic acids is 1. The molecule has 1 N–H and O–H groups in total. The van der Waals surface area contributed by atoms with E-state index >= 15 is 0 Å². The van der Waals surface area contributed by atoms with Gasteiger partial charge in [0.15, 0.2) is 0 Å². The second kappa shape index (κ2) is 9.40. The van der Waals surface area contributed by atoms with E-state index in [9.17, 15) is 13.2 Å². The molecular weight excluding hydrogens is 460 g/mol. The fraction of sp³-hybridized carbons (Fsp3) is 0.500. The number of nitrogens with zero attached hydrogens (tertiary/aromatic N) is 5. The summed E-state index contributed by atoms with van der Waals surface area (Å²) in [5, 5.41) is 2.80. The minimum absolute atomic E-state index is 0.231. The predicted octanol–water partition coefficient (Wildman–Crippen LogP) is 3.59. The molecule has 0 aliphatic heterocycles. The van der Waals surface area contributed by atoms with Crippen LogP contribution in [-0.4, -0.2) is 59.2 Å². The van der Waals surface area contributed by atoms with E-state index < -0.39 is 10.2 Å². The van der Waals surface area contributed by atoms with E-state index in [1.54, 1.807) is 24.1 Å². The lowest BCUT2D eigenvalue weighted by molar-refractivity contribution is 0.0744. The third kappa shape index (κ3) is 5.20. The first-order valence-corrected chi connectivity index (χ1v) is 13.0. The number of amides is 1. The summed E-state index contributed by atoms with van der Waals surface area (Å²) in [7, 11) is 2.77. The Hall–Kier alpha value is -2.50. The minimum Gasteiger partial charge on any atom is -0.332 e. The smallest absolute Gasteiger partial charge is 0.301 e. The molecule has 9 nitrogen and oxygen atoms in total. The number of rotatable bonds is 8. The average molecular weight is 493 g/mol. The van der Waals surface area contributed by atoms with Gasteiger partial charge >= 0.3 is 10.2 Å². The lowest BCUT2D eigenvalue weighted by atomic mass is 10.1. The van der Waals surface area contributed by atoms with E-state index in [4.69, 9.17) is 4.98 Å². The maximum absolute atomic E-state index is 13.7. The topological polar surface area (TPSA) is 100 Å². The number of benzene rings is 1. The van der Waals surface area contributed by atoms with Gasteiger partial charge < -0.3 is 9.47 Å². The molecule has 2 aromatic heterocycles. The van der Waals surface area contributed by atoms with Gasteiger partial charge in [0.1, 0.15) is 10.8 Å². The largest absolute Gasteiger partial charge is 0.332 e. The zero-order valence-electron chi connectivity index (χ0n) is 20.4. The maximum Gasteiger partial charge on any atom is 0.301 e. The van der Waals surface area contributed by atoms with Gasteiger partial charge in [-0.3, -0.25) is 9.52 Å². The lowest BCUT2D eigenvalue weighted by Crippen LogP contribution is -2.31. The number of aromatic nitrogens is 3. The van der Waals surface area contributed by atoms with Crippen LogP contribution in [0.5, 0.6) is 0 Å². The molecule has 0 bridgehead atoms. The van der Waals surface area contributed by atoms with Crippen molar-refractivity contribution in [3.05, 3.63) is 39.6 Å². The summed E-state index contributed by atoms with van der Waals surface area (Å²) < 4.78 is 30.5. The van der Waals surface area contributed by atoms with Gasteiger partial charge in [-0.15, -0.1) is 11.3 Å². The maximum atomic E-state index is 13.7. The van der Waals surface area contributed by atoms with Crippen LogP contribution < -0.4 is 4.72 Å². The number of aryl methyl sites for hydroxylation is 2. The van der Waals surface area contributed by atoms with Gasteiger partial charge in [0.2, 0.25) is 0 Å². The molecule has 1 aromatic carbocycles. The molecule has 0 saturated heterocycles. The van der Waals surface area contributed by atoms with Crippen molar-refractivity contribution in [2.45, 2.75) is 40.2 Å². The van der Waals surface area contributed by atoms with Crippen molar-refractivity contribution in [3.63, 3.8) is 0 Å². The summed E-state index contributed by atoms with van der Waals surface area (Å²) in [5.74, 6) is 0.987. The van der Waals surface area contributed by atoms with Crippen molar-refractivity contribution in [1.82, 2.24) is 23.7 Å². The van der Waals surface area contributed by atoms with Crippen molar-refractivity contribution in [3.8, 4) is 0 Å². The highest BCUT2D eigenvalue weighted by molar-refractivity contribution is 7.90. The van der Waals surface area contributed by atoms with E-state index in [1.165, 1.54) is 25.4 Å². The Morgan fingerprint density at radius 2 is 1.85 bits per heavy atom. The summed E-state index contributed by atoms with van der Waals surface area (Å²) in [6.45, 7) is 8.06. The van der Waals surface area contributed by atoms with Crippen LogP contribution in [0, 0.1) is 12.8 Å². The molecule has 0 aliphatic rings. The number of thiazole rings is 1. The second-order valence-corrected chi connectivity index (χ2v) is 11.7. The molecular formula is C22H32N6O3S2. The number of fused-ring (bicyclic) bond motifs is 1. The van der Waals surface area contributed by atoms with Gasteiger partial charge in [0.05, 0.1) is 28.3 Å². The summed E-state index contributed by atoms with van der Waals surface area (Å²) in [5.41, 5.74) is 2.84. The van der Waals surface area contributed by atoms with E-state index in [1.807, 2.05) is 30.8 Å². The van der Waals surface area contributed by atoms with E-state index in [-0.39, 0.29) is 11.9 Å². The Morgan fingerprint density at radius 1 is 1.18 bits per heavy atom. The first-order chi connectivity index (χ1) is 15.3. The van der Waals surface area contributed by atoms with Crippen LogP contribution in [0.3, 0.4) is 0 Å². The first kappa shape index (κ1) is 25.1. The highest BCUT2D eigenvalue weighted by Crippen LogP contribution is 2.30. The zero-order chi connectivity index (χ0) is 24.7. The normalized spacial score (nSPS) is 13.2. The van der Waals surface area contributed by atoms with Gasteiger partial charge in [-0.25, -0.2) is 9.97 Å². The third-order valence-electron chi connectivity index (χ3n) is 5.51. The quantitative estimate of drug-likeness (QED) is 0.518. The van der Waals surface area contributed by atoms with Crippen LogP contribution in [0.15, 0.2) is 17.5 Å². The number of imidazole rings is 1. The number of hydrogen-bond donors (Lipinski definition) is 1. The second-order valence-electron chi connectivity index (χ2n) is 8.89. The van der Waals surface area contributed by atoms with Crippen LogP contribution in [0.2, 0.25) is 0 Å². The van der Waals surface area contributed by atoms with Gasteiger partial charge in [0, 0.05) is 45.7 Å². The average Bonchev–Trinajstić information content (AvgIpc) is 3.28. The molecule has 0 aliphatic carbocycles. The Bertz CT molecular complexity index is 1280. The Balaban J connectivity index is 2.13. The number of carbonyl (C=O) groups is 1. The minimum atomic E-state index is -3.75. The molecule has 3 aromatic rings. The fourth-order valence-electron chi connectivity index (χ4n) is 3.51. The van der Waals surface area contributed by atoms with Gasteiger partial charge in [0.25, 0.3) is 5.91 Å². The number of hydrogen-bond acceptors (Lipinski definition) is 6. The van der Waals surface area contributed by atoms with Crippen LogP contribution in [0.25, 0.3) is 11.0 Å². The highest BCUT2D eigenvalue weighted by Gasteiger charge is 2.26. The zero-order valence-corrected chi connectivity index (χ0v) is 22.0. The van der Waals surface area contributed by atoms with Crippen LogP contribution in [0.1, 0.15) is 53.7 Å².